The Morgan fingerprint density at radius 1 is 1.14 bits per heavy atom. The lowest BCUT2D eigenvalue weighted by Gasteiger charge is -2.11. The third kappa shape index (κ3) is 2.50. The molecule has 112 valence electrons. The minimum atomic E-state index is -1.01. The number of hydrogen-bond acceptors (Lipinski definition) is 2. The number of aromatic nitrogens is 1. The van der Waals surface area contributed by atoms with Gasteiger partial charge in [0.25, 0.3) is 0 Å². The fourth-order valence-electron chi connectivity index (χ4n) is 2.86. The molecule has 0 bridgehead atoms. The van der Waals surface area contributed by atoms with E-state index in [4.69, 9.17) is 0 Å². The van der Waals surface area contributed by atoms with Crippen molar-refractivity contribution in [3.8, 4) is 5.69 Å². The first kappa shape index (κ1) is 14.4. The maximum absolute atomic E-state index is 11.1. The minimum Gasteiger partial charge on any atom is -0.550 e. The lowest BCUT2D eigenvalue weighted by Crippen LogP contribution is -2.30. The molecule has 0 aliphatic heterocycles. The van der Waals surface area contributed by atoms with Crippen LogP contribution >= 0.6 is 0 Å². The van der Waals surface area contributed by atoms with Crippen LogP contribution in [0.25, 0.3) is 16.6 Å². The van der Waals surface area contributed by atoms with Gasteiger partial charge in [-0.3, -0.25) is 0 Å². The van der Waals surface area contributed by atoms with E-state index in [1.165, 1.54) is 5.56 Å². The highest BCUT2D eigenvalue weighted by Gasteiger charge is 2.13. The van der Waals surface area contributed by atoms with E-state index in [9.17, 15) is 9.90 Å². The van der Waals surface area contributed by atoms with Gasteiger partial charge in [0.1, 0.15) is 0 Å². The van der Waals surface area contributed by atoms with Crippen molar-refractivity contribution in [2.45, 2.75) is 20.3 Å². The van der Waals surface area contributed by atoms with Gasteiger partial charge >= 0.3 is 0 Å². The number of aryl methyl sites for hydroxylation is 1. The molecule has 0 unspecified atom stereocenters. The van der Waals surface area contributed by atoms with Gasteiger partial charge in [-0.05, 0) is 42.5 Å². The highest BCUT2D eigenvalue weighted by atomic mass is 16.4. The second-order valence-electron chi connectivity index (χ2n) is 5.75. The van der Waals surface area contributed by atoms with Gasteiger partial charge in [-0.2, -0.15) is 0 Å². The number of rotatable bonds is 4. The number of carboxylic acid groups (broad SMARTS) is 1. The smallest absolute Gasteiger partial charge is 0.0531 e. The van der Waals surface area contributed by atoms with Crippen molar-refractivity contribution in [1.29, 1.82) is 0 Å². The number of carboxylic acids is 1. The molecule has 1 atom stereocenters. The van der Waals surface area contributed by atoms with Crippen LogP contribution in [0.5, 0.6) is 0 Å². The normalized spacial score (nSPS) is 12.5. The first-order valence-corrected chi connectivity index (χ1v) is 7.43. The minimum absolute atomic E-state index is 0.474. The molecule has 3 aromatic rings. The first-order valence-electron chi connectivity index (χ1n) is 7.43. The van der Waals surface area contributed by atoms with Crippen LogP contribution in [0.15, 0.2) is 54.7 Å². The molecule has 0 amide bonds. The standard InChI is InChI=1S/C19H19NO2/c1-13-7-3-5-9-17(13)20-12-15(11-14(2)19(21)22)16-8-4-6-10-18(16)20/h3-10,12,14H,11H2,1-2H3,(H,21,22)/p-1/t14-/m1/s1. The molecule has 0 radical (unpaired) electrons. The second kappa shape index (κ2) is 5.68. The Morgan fingerprint density at radius 3 is 2.55 bits per heavy atom. The van der Waals surface area contributed by atoms with E-state index in [2.05, 4.69) is 29.7 Å². The van der Waals surface area contributed by atoms with Gasteiger partial charge in [-0.15, -0.1) is 0 Å². The zero-order valence-corrected chi connectivity index (χ0v) is 12.7. The van der Waals surface area contributed by atoms with Crippen LogP contribution < -0.4 is 5.11 Å². The van der Waals surface area contributed by atoms with Crippen LogP contribution in [0.4, 0.5) is 0 Å². The van der Waals surface area contributed by atoms with Crippen LogP contribution in [-0.4, -0.2) is 10.5 Å². The van der Waals surface area contributed by atoms with E-state index in [0.29, 0.717) is 6.42 Å². The van der Waals surface area contributed by atoms with E-state index in [1.54, 1.807) is 6.92 Å². The average Bonchev–Trinajstić information content (AvgIpc) is 2.86. The van der Waals surface area contributed by atoms with Crippen molar-refractivity contribution < 1.29 is 9.90 Å². The molecule has 3 heteroatoms. The predicted molar refractivity (Wildman–Crippen MR) is 85.9 cm³/mol. The molecule has 0 saturated carbocycles. The van der Waals surface area contributed by atoms with Crippen molar-refractivity contribution in [2.75, 3.05) is 0 Å². The van der Waals surface area contributed by atoms with Gasteiger partial charge in [0.05, 0.1) is 5.52 Å². The van der Waals surface area contributed by atoms with Gasteiger partial charge in [0.2, 0.25) is 0 Å². The molecule has 0 fully saturated rings. The molecule has 3 nitrogen and oxygen atoms in total. The van der Waals surface area contributed by atoms with E-state index >= 15 is 0 Å². The topological polar surface area (TPSA) is 45.1 Å². The van der Waals surface area contributed by atoms with Gasteiger partial charge in [-0.1, -0.05) is 43.3 Å². The monoisotopic (exact) mass is 292 g/mol. The van der Waals surface area contributed by atoms with E-state index in [-0.39, 0.29) is 0 Å². The van der Waals surface area contributed by atoms with E-state index < -0.39 is 11.9 Å². The average molecular weight is 292 g/mol. The number of aliphatic carboxylic acids is 1. The third-order valence-corrected chi connectivity index (χ3v) is 4.10. The summed E-state index contributed by atoms with van der Waals surface area (Å²) < 4.78 is 2.14. The largest absolute Gasteiger partial charge is 0.550 e. The number of nitrogens with zero attached hydrogens (tertiary/aromatic N) is 1. The van der Waals surface area contributed by atoms with Crippen molar-refractivity contribution in [3.05, 3.63) is 65.9 Å². The Balaban J connectivity index is 2.16. The Labute approximate surface area is 129 Å². The van der Waals surface area contributed by atoms with Crippen LogP contribution in [0.3, 0.4) is 0 Å². The fraction of sp³-hybridized carbons (Fsp3) is 0.211. The summed E-state index contributed by atoms with van der Waals surface area (Å²) in [6.07, 6.45) is 2.52. The lowest BCUT2D eigenvalue weighted by molar-refractivity contribution is -0.310. The van der Waals surface area contributed by atoms with Crippen molar-refractivity contribution in [1.82, 2.24) is 4.57 Å². The maximum Gasteiger partial charge on any atom is 0.0531 e. The van der Waals surface area contributed by atoms with Gasteiger partial charge in [0, 0.05) is 23.2 Å². The third-order valence-electron chi connectivity index (χ3n) is 4.10. The Morgan fingerprint density at radius 2 is 1.82 bits per heavy atom. The highest BCUT2D eigenvalue weighted by molar-refractivity contribution is 5.86. The number of carbonyl (C=O) groups excluding carboxylic acids is 1. The molecule has 22 heavy (non-hydrogen) atoms. The molecule has 2 aromatic carbocycles. The molecular weight excluding hydrogens is 274 g/mol. The second-order valence-corrected chi connectivity index (χ2v) is 5.75. The molecule has 0 aliphatic carbocycles. The van der Waals surface area contributed by atoms with Crippen LogP contribution in [0.2, 0.25) is 0 Å². The summed E-state index contributed by atoms with van der Waals surface area (Å²) in [5.74, 6) is -1.51. The molecule has 0 aliphatic rings. The zero-order valence-electron chi connectivity index (χ0n) is 12.7. The molecule has 1 heterocycles. The van der Waals surface area contributed by atoms with Gasteiger partial charge in [-0.25, -0.2) is 0 Å². The number of fused-ring (bicyclic) bond motifs is 1. The molecular formula is C19H18NO2-. The molecule has 1 aromatic heterocycles. The summed E-state index contributed by atoms with van der Waals surface area (Å²) in [5, 5.41) is 12.1. The number of benzene rings is 2. The molecule has 0 saturated heterocycles. The summed E-state index contributed by atoms with van der Waals surface area (Å²) in [6, 6.07) is 16.3. The van der Waals surface area contributed by atoms with Crippen LogP contribution in [-0.2, 0) is 11.2 Å². The molecule has 0 N–H and O–H groups in total. The van der Waals surface area contributed by atoms with E-state index in [1.807, 2.05) is 36.5 Å². The Bertz CT molecular complexity index is 832. The quantitative estimate of drug-likeness (QED) is 0.742. The Kier molecular flexibility index (Phi) is 3.72. The Hall–Kier alpha value is -2.55. The summed E-state index contributed by atoms with van der Waals surface area (Å²) >= 11 is 0. The van der Waals surface area contributed by atoms with Crippen LogP contribution in [0, 0.1) is 12.8 Å². The van der Waals surface area contributed by atoms with Crippen molar-refractivity contribution in [3.63, 3.8) is 0 Å². The number of para-hydroxylation sites is 2. The number of carbonyl (C=O) groups is 1. The van der Waals surface area contributed by atoms with Gasteiger partial charge < -0.3 is 14.5 Å². The fourth-order valence-corrected chi connectivity index (χ4v) is 2.86. The number of hydrogen-bond donors (Lipinski definition) is 0. The predicted octanol–water partition coefficient (Wildman–Crippen LogP) is 2.87. The maximum atomic E-state index is 11.1. The van der Waals surface area contributed by atoms with E-state index in [0.717, 1.165) is 22.2 Å². The summed E-state index contributed by atoms with van der Waals surface area (Å²) in [6.45, 7) is 3.77. The summed E-state index contributed by atoms with van der Waals surface area (Å²) in [7, 11) is 0. The molecule has 0 spiro atoms. The lowest BCUT2D eigenvalue weighted by atomic mass is 10.0. The van der Waals surface area contributed by atoms with Crippen LogP contribution in [0.1, 0.15) is 18.1 Å². The molecule has 3 rings (SSSR count). The summed E-state index contributed by atoms with van der Waals surface area (Å²) in [4.78, 5) is 11.1. The van der Waals surface area contributed by atoms with Crippen molar-refractivity contribution >= 4 is 16.9 Å². The highest BCUT2D eigenvalue weighted by Crippen LogP contribution is 2.27. The first-order chi connectivity index (χ1) is 10.6. The summed E-state index contributed by atoms with van der Waals surface area (Å²) in [5.41, 5.74) is 4.43. The zero-order chi connectivity index (χ0) is 15.7. The van der Waals surface area contributed by atoms with Crippen molar-refractivity contribution in [2.24, 2.45) is 5.92 Å². The van der Waals surface area contributed by atoms with Gasteiger partial charge in [0.15, 0.2) is 0 Å². The SMILES string of the molecule is Cc1ccccc1-n1cc(C[C@@H](C)C(=O)[O-])c2ccccc21.